The lowest BCUT2D eigenvalue weighted by molar-refractivity contribution is -0.114. The number of hydrogen-bond acceptors (Lipinski definition) is 7. The molecule has 4 rings (SSSR count). The van der Waals surface area contributed by atoms with Gasteiger partial charge in [-0.25, -0.2) is 4.79 Å². The van der Waals surface area contributed by atoms with Gasteiger partial charge in [-0.1, -0.05) is 17.8 Å². The van der Waals surface area contributed by atoms with Crippen molar-refractivity contribution in [3.8, 4) is 17.2 Å². The maximum Gasteiger partial charge on any atom is 0.343 e. The Hall–Kier alpha value is -3.37. The molecular formula is C24H20BrN3O5S. The first-order chi connectivity index (χ1) is 16.3. The van der Waals surface area contributed by atoms with Crippen molar-refractivity contribution < 1.29 is 23.8 Å². The van der Waals surface area contributed by atoms with Gasteiger partial charge in [0.2, 0.25) is 0 Å². The quantitative estimate of drug-likeness (QED) is 0.303. The number of benzene rings is 2. The lowest BCUT2D eigenvalue weighted by atomic mass is 10.1. The molecule has 2 heterocycles. The second-order valence-electron chi connectivity index (χ2n) is 7.20. The molecule has 0 aromatic heterocycles. The topological polar surface area (TPSA) is 101 Å². The molecule has 2 aromatic carbocycles. The normalized spacial score (nSPS) is 16.2. The van der Waals surface area contributed by atoms with Crippen LogP contribution in [0.4, 0.5) is 0 Å². The summed E-state index contributed by atoms with van der Waals surface area (Å²) in [5.41, 5.74) is 1.04. The third-order valence-corrected chi connectivity index (χ3v) is 6.32. The highest BCUT2D eigenvalue weighted by molar-refractivity contribution is 9.10. The molecule has 34 heavy (non-hydrogen) atoms. The van der Waals surface area contributed by atoms with Crippen molar-refractivity contribution in [1.82, 2.24) is 4.90 Å². The fourth-order valence-electron chi connectivity index (χ4n) is 3.30. The molecule has 0 saturated carbocycles. The van der Waals surface area contributed by atoms with Crippen LogP contribution < -0.4 is 14.2 Å². The first kappa shape index (κ1) is 23.8. The van der Waals surface area contributed by atoms with Crippen LogP contribution in [0.15, 0.2) is 62.5 Å². The van der Waals surface area contributed by atoms with E-state index in [-0.39, 0.29) is 17.2 Å². The summed E-state index contributed by atoms with van der Waals surface area (Å²) in [5, 5.41) is 8.94. The van der Waals surface area contributed by atoms with E-state index in [0.717, 1.165) is 4.91 Å². The molecule has 0 spiro atoms. The molecule has 0 atom stereocenters. The van der Waals surface area contributed by atoms with Crippen LogP contribution in [-0.2, 0) is 4.79 Å². The first-order valence-corrected chi connectivity index (χ1v) is 11.8. The second kappa shape index (κ2) is 9.86. The number of fused-ring (bicyclic) bond motifs is 1. The Balaban J connectivity index is 1.67. The number of ether oxygens (including phenoxy) is 3. The van der Waals surface area contributed by atoms with Crippen LogP contribution in [0, 0.1) is 5.41 Å². The zero-order valence-electron chi connectivity index (χ0n) is 18.5. The van der Waals surface area contributed by atoms with Gasteiger partial charge in [-0.05, 0) is 71.7 Å². The molecule has 10 heteroatoms. The summed E-state index contributed by atoms with van der Waals surface area (Å²) in [6.45, 7) is 4.03. The Labute approximate surface area is 208 Å². The van der Waals surface area contributed by atoms with Crippen LogP contribution in [0.3, 0.4) is 0 Å². The summed E-state index contributed by atoms with van der Waals surface area (Å²) >= 11 is 4.79. The van der Waals surface area contributed by atoms with Gasteiger partial charge in [0, 0.05) is 11.1 Å². The Bertz CT molecular complexity index is 1300. The number of carbonyl (C=O) groups excluding carboxylic acids is 2. The van der Waals surface area contributed by atoms with Crippen molar-refractivity contribution in [2.45, 2.75) is 13.8 Å². The minimum Gasteiger partial charge on any atom is -0.497 e. The van der Waals surface area contributed by atoms with E-state index in [0.29, 0.717) is 38.9 Å². The third kappa shape index (κ3) is 4.78. The van der Waals surface area contributed by atoms with Gasteiger partial charge in [0.05, 0.1) is 29.3 Å². The minimum absolute atomic E-state index is 0.0435. The molecule has 0 aliphatic carbocycles. The fraction of sp³-hybridized carbons (Fsp3) is 0.167. The molecule has 0 radical (unpaired) electrons. The van der Waals surface area contributed by atoms with E-state index >= 15 is 0 Å². The largest absolute Gasteiger partial charge is 0.497 e. The SMILES string of the molecule is CCOc1cc(C=C2C(=N)N3C=C(C)SC3=NC2=O)cc(Br)c1OC(=O)c1cccc(OC)c1. The molecular weight excluding hydrogens is 522 g/mol. The Morgan fingerprint density at radius 3 is 2.82 bits per heavy atom. The van der Waals surface area contributed by atoms with E-state index in [1.54, 1.807) is 53.6 Å². The fourth-order valence-corrected chi connectivity index (χ4v) is 4.66. The summed E-state index contributed by atoms with van der Waals surface area (Å²) in [5.74, 6) is 0.0262. The highest BCUT2D eigenvalue weighted by atomic mass is 79.9. The number of amides is 1. The highest BCUT2D eigenvalue weighted by Crippen LogP contribution is 2.39. The summed E-state index contributed by atoms with van der Waals surface area (Å²) in [6, 6.07) is 9.97. The van der Waals surface area contributed by atoms with Crippen molar-refractivity contribution in [3.63, 3.8) is 0 Å². The monoisotopic (exact) mass is 541 g/mol. The number of nitrogens with one attached hydrogen (secondary N) is 1. The van der Waals surface area contributed by atoms with Crippen molar-refractivity contribution >= 4 is 56.6 Å². The van der Waals surface area contributed by atoms with E-state index in [4.69, 9.17) is 19.6 Å². The van der Waals surface area contributed by atoms with Crippen LogP contribution in [0.1, 0.15) is 29.8 Å². The van der Waals surface area contributed by atoms with Gasteiger partial charge in [0.15, 0.2) is 16.7 Å². The number of methoxy groups -OCH3 is 1. The van der Waals surface area contributed by atoms with Gasteiger partial charge in [0.1, 0.15) is 11.6 Å². The maximum absolute atomic E-state index is 12.7. The maximum atomic E-state index is 12.7. The van der Waals surface area contributed by atoms with E-state index in [2.05, 4.69) is 20.9 Å². The standard InChI is InChI=1S/C24H20BrN3O5S/c1-4-32-19-10-14(8-17-21(26)28-12-13(2)34-24(28)27-22(17)29)9-18(25)20(19)33-23(30)15-6-5-7-16(11-15)31-3/h5-12,26H,4H2,1-3H3. The molecule has 0 saturated heterocycles. The minimum atomic E-state index is -0.577. The van der Waals surface area contributed by atoms with E-state index < -0.39 is 11.9 Å². The van der Waals surface area contributed by atoms with Gasteiger partial charge in [0.25, 0.3) is 5.91 Å². The number of nitrogens with zero attached hydrogens (tertiary/aromatic N) is 2. The Kier molecular flexibility index (Phi) is 6.90. The second-order valence-corrected chi connectivity index (χ2v) is 9.27. The van der Waals surface area contributed by atoms with Crippen LogP contribution in [0.25, 0.3) is 6.08 Å². The van der Waals surface area contributed by atoms with E-state index in [9.17, 15) is 9.59 Å². The molecule has 1 amide bonds. The summed E-state index contributed by atoms with van der Waals surface area (Å²) in [7, 11) is 1.52. The van der Waals surface area contributed by atoms with Gasteiger partial charge in [-0.2, -0.15) is 4.99 Å². The number of carbonyl (C=O) groups is 2. The van der Waals surface area contributed by atoms with E-state index in [1.165, 1.54) is 18.9 Å². The number of hydrogen-bond donors (Lipinski definition) is 1. The number of halogens is 1. The summed E-state index contributed by atoms with van der Waals surface area (Å²) in [4.78, 5) is 32.0. The number of thioether (sulfide) groups is 1. The predicted molar refractivity (Wildman–Crippen MR) is 135 cm³/mol. The average molecular weight is 542 g/mol. The van der Waals surface area contributed by atoms with Crippen molar-refractivity contribution in [2.75, 3.05) is 13.7 Å². The van der Waals surface area contributed by atoms with Gasteiger partial charge in [-0.3, -0.25) is 15.1 Å². The first-order valence-electron chi connectivity index (χ1n) is 10.2. The summed E-state index contributed by atoms with van der Waals surface area (Å²) < 4.78 is 17.0. The molecule has 2 aliphatic rings. The van der Waals surface area contributed by atoms with Crippen LogP contribution in [0.2, 0.25) is 0 Å². The Morgan fingerprint density at radius 2 is 2.09 bits per heavy atom. The molecule has 0 fully saturated rings. The zero-order chi connectivity index (χ0) is 24.4. The highest BCUT2D eigenvalue weighted by Gasteiger charge is 2.33. The molecule has 2 aromatic rings. The zero-order valence-corrected chi connectivity index (χ0v) is 21.0. The lowest BCUT2D eigenvalue weighted by Gasteiger charge is -2.22. The molecule has 2 aliphatic heterocycles. The van der Waals surface area contributed by atoms with Crippen LogP contribution in [0.5, 0.6) is 17.2 Å². The number of rotatable bonds is 6. The number of allylic oxidation sites excluding steroid dienone is 1. The average Bonchev–Trinajstić information content (AvgIpc) is 3.19. The molecule has 8 nitrogen and oxygen atoms in total. The van der Waals surface area contributed by atoms with Gasteiger partial charge < -0.3 is 14.2 Å². The van der Waals surface area contributed by atoms with Crippen molar-refractivity contribution in [3.05, 3.63) is 68.7 Å². The van der Waals surface area contributed by atoms with Crippen LogP contribution in [-0.4, -0.2) is 41.5 Å². The van der Waals surface area contributed by atoms with E-state index in [1.807, 2.05) is 13.8 Å². The predicted octanol–water partition coefficient (Wildman–Crippen LogP) is 5.24. The van der Waals surface area contributed by atoms with Gasteiger partial charge in [-0.15, -0.1) is 0 Å². The molecule has 174 valence electrons. The molecule has 1 N–H and O–H groups in total. The number of amidine groups is 2. The smallest absolute Gasteiger partial charge is 0.343 e. The Morgan fingerprint density at radius 1 is 1.29 bits per heavy atom. The number of aliphatic imine (C=N–C) groups is 1. The lowest BCUT2D eigenvalue weighted by Crippen LogP contribution is -2.35. The van der Waals surface area contributed by atoms with Gasteiger partial charge >= 0.3 is 5.97 Å². The number of esters is 1. The summed E-state index contributed by atoms with van der Waals surface area (Å²) in [6.07, 6.45) is 3.34. The van der Waals surface area contributed by atoms with Crippen LogP contribution >= 0.6 is 27.7 Å². The van der Waals surface area contributed by atoms with Crippen molar-refractivity contribution in [2.24, 2.45) is 4.99 Å². The molecule has 0 bridgehead atoms. The third-order valence-electron chi connectivity index (χ3n) is 4.84. The van der Waals surface area contributed by atoms with Crippen molar-refractivity contribution in [1.29, 1.82) is 5.41 Å². The molecule has 0 unspecified atom stereocenters.